The molecule has 0 saturated heterocycles. The molecule has 0 N–H and O–H groups in total. The summed E-state index contributed by atoms with van der Waals surface area (Å²) in [5, 5.41) is 0. The molecule has 0 saturated carbocycles. The van der Waals surface area contributed by atoms with E-state index in [-0.39, 0.29) is 5.97 Å². The average molecular weight is 243 g/mol. The van der Waals surface area contributed by atoms with Crippen molar-refractivity contribution >= 4 is 25.4 Å². The number of hydrogen-bond donors (Lipinski definition) is 0. The molecule has 1 rings (SSSR count). The molecule has 3 heteroatoms. The van der Waals surface area contributed by atoms with E-state index in [0.29, 0.717) is 27.1 Å². The summed E-state index contributed by atoms with van der Waals surface area (Å²) in [6, 6.07) is 7.61. The third-order valence-electron chi connectivity index (χ3n) is 1.60. The molecule has 0 fully saturated rings. The molecule has 0 aromatic heterocycles. The van der Waals surface area contributed by atoms with E-state index in [1.807, 2.05) is 31.2 Å². The van der Waals surface area contributed by atoms with Crippen LogP contribution in [-0.4, -0.2) is 27.5 Å². The van der Waals surface area contributed by atoms with Crippen molar-refractivity contribution in [1.82, 2.24) is 0 Å². The van der Waals surface area contributed by atoms with Crippen molar-refractivity contribution < 1.29 is 9.53 Å². The van der Waals surface area contributed by atoms with E-state index in [4.69, 9.17) is 4.74 Å². The minimum absolute atomic E-state index is 0.207. The summed E-state index contributed by atoms with van der Waals surface area (Å²) in [4.78, 5) is 11.4. The zero-order chi connectivity index (χ0) is 9.68. The quantitative estimate of drug-likeness (QED) is 0.589. The van der Waals surface area contributed by atoms with E-state index >= 15 is 0 Å². The summed E-state index contributed by atoms with van der Waals surface area (Å²) in [7, 11) is 0. The maximum absolute atomic E-state index is 11.4. The Morgan fingerprint density at radius 1 is 1.46 bits per heavy atom. The molecular weight excluding hydrogens is 231 g/mol. The second kappa shape index (κ2) is 5.05. The van der Waals surface area contributed by atoms with Gasteiger partial charge in [0.2, 0.25) is 0 Å². The third-order valence-corrected chi connectivity index (χ3v) is 3.27. The van der Waals surface area contributed by atoms with Gasteiger partial charge in [0.15, 0.2) is 0 Å². The second-order valence-electron chi connectivity index (χ2n) is 2.42. The van der Waals surface area contributed by atoms with Crippen LogP contribution in [0.2, 0.25) is 5.82 Å². The Balaban J connectivity index is 2.92. The summed E-state index contributed by atoms with van der Waals surface area (Å²) in [5.74, 6) is 1.88. The minimum atomic E-state index is -0.207. The van der Waals surface area contributed by atoms with Gasteiger partial charge in [-0.25, -0.2) is 0 Å². The molecule has 13 heavy (non-hydrogen) atoms. The van der Waals surface area contributed by atoms with Crippen molar-refractivity contribution in [2.45, 2.75) is 12.7 Å². The van der Waals surface area contributed by atoms with Crippen LogP contribution in [0.3, 0.4) is 0 Å². The first-order chi connectivity index (χ1) is 6.29. The zero-order valence-electron chi connectivity index (χ0n) is 7.74. The fourth-order valence-electron chi connectivity index (χ4n) is 1.02. The van der Waals surface area contributed by atoms with Crippen molar-refractivity contribution in [3.05, 3.63) is 29.8 Å². The Labute approximate surface area is 84.4 Å². The predicted octanol–water partition coefficient (Wildman–Crippen LogP) is 1.24. The van der Waals surface area contributed by atoms with E-state index in [1.165, 1.54) is 0 Å². The van der Waals surface area contributed by atoms with Crippen LogP contribution in [0.4, 0.5) is 0 Å². The second-order valence-corrected chi connectivity index (χ2v) is 4.20. The van der Waals surface area contributed by atoms with Crippen LogP contribution in [0.15, 0.2) is 24.3 Å². The van der Waals surface area contributed by atoms with Crippen molar-refractivity contribution in [3.63, 3.8) is 0 Å². The number of carbonyl (C=O) groups is 1. The normalized spacial score (nSPS) is 9.69. The van der Waals surface area contributed by atoms with Gasteiger partial charge < -0.3 is 0 Å². The van der Waals surface area contributed by atoms with E-state index < -0.39 is 0 Å². The van der Waals surface area contributed by atoms with E-state index in [9.17, 15) is 4.79 Å². The van der Waals surface area contributed by atoms with Crippen molar-refractivity contribution in [1.29, 1.82) is 0 Å². The van der Waals surface area contributed by atoms with Crippen molar-refractivity contribution in [2.75, 3.05) is 6.61 Å². The Bertz CT molecular complexity index is 297. The molecule has 70 valence electrons. The van der Waals surface area contributed by atoms with Gasteiger partial charge in [0.25, 0.3) is 0 Å². The molecule has 2 nitrogen and oxygen atoms in total. The Kier molecular flexibility index (Phi) is 4.00. The molecule has 0 bridgehead atoms. The van der Waals surface area contributed by atoms with Gasteiger partial charge in [-0.15, -0.1) is 0 Å². The first-order valence-corrected chi connectivity index (χ1v) is 6.66. The van der Waals surface area contributed by atoms with Gasteiger partial charge in [0.1, 0.15) is 0 Å². The van der Waals surface area contributed by atoms with Gasteiger partial charge >= 0.3 is 84.1 Å². The van der Waals surface area contributed by atoms with Crippen LogP contribution in [0.5, 0.6) is 0 Å². The Morgan fingerprint density at radius 2 is 2.15 bits per heavy atom. The van der Waals surface area contributed by atoms with Gasteiger partial charge in [-0.1, -0.05) is 0 Å². The van der Waals surface area contributed by atoms with Crippen molar-refractivity contribution in [2.24, 2.45) is 0 Å². The number of carbonyl (C=O) groups excluding carboxylic acids is 1. The Hall–Kier alpha value is -0.791. The molecule has 0 aliphatic rings. The molecule has 0 unspecified atom stereocenters. The van der Waals surface area contributed by atoms with Crippen molar-refractivity contribution in [3.8, 4) is 0 Å². The number of hydrogen-bond acceptors (Lipinski definition) is 2. The molecule has 0 aliphatic carbocycles. The molecule has 1 aromatic rings. The summed E-state index contributed by atoms with van der Waals surface area (Å²) in [5.41, 5.74) is 0.715. The molecule has 0 heterocycles. The van der Waals surface area contributed by atoms with Gasteiger partial charge in [0.05, 0.1) is 0 Å². The molecule has 0 aliphatic heterocycles. The van der Waals surface area contributed by atoms with Crippen LogP contribution >= 0.6 is 0 Å². The average Bonchev–Trinajstić information content (AvgIpc) is 2.18. The molecule has 0 spiro atoms. The molecule has 0 amide bonds. The number of esters is 1. The van der Waals surface area contributed by atoms with Gasteiger partial charge in [-0.05, 0) is 0 Å². The van der Waals surface area contributed by atoms with Gasteiger partial charge in [-0.3, -0.25) is 0 Å². The molecular formula is C10H12O2Se. The first-order valence-electron chi connectivity index (χ1n) is 4.09. The van der Waals surface area contributed by atoms with E-state index in [1.54, 1.807) is 0 Å². The van der Waals surface area contributed by atoms with Gasteiger partial charge in [-0.2, -0.15) is 0 Å². The van der Waals surface area contributed by atoms with Crippen LogP contribution in [0, 0.1) is 0 Å². The summed E-state index contributed by atoms with van der Waals surface area (Å²) < 4.78 is 6.05. The molecule has 0 atom stereocenters. The van der Waals surface area contributed by atoms with E-state index in [2.05, 4.69) is 5.82 Å². The van der Waals surface area contributed by atoms with E-state index in [0.717, 1.165) is 4.46 Å². The standard InChI is InChI=1S/C10H12O2Se/c1-3-12-10(11)8-6-4-5-7-9(8)13-2/h4-7H,3H2,1-2H3. The predicted molar refractivity (Wildman–Crippen MR) is 53.7 cm³/mol. The third kappa shape index (κ3) is 2.58. The number of ether oxygens (including phenoxy) is 1. The van der Waals surface area contributed by atoms with Crippen LogP contribution in [-0.2, 0) is 4.74 Å². The van der Waals surface area contributed by atoms with Crippen LogP contribution in [0.25, 0.3) is 0 Å². The zero-order valence-corrected chi connectivity index (χ0v) is 9.45. The summed E-state index contributed by atoms with van der Waals surface area (Å²) >= 11 is 0.337. The molecule has 0 radical (unpaired) electrons. The first kappa shape index (κ1) is 10.3. The fraction of sp³-hybridized carbons (Fsp3) is 0.300. The summed E-state index contributed by atoms with van der Waals surface area (Å²) in [6.07, 6.45) is 0. The van der Waals surface area contributed by atoms with Crippen LogP contribution in [0.1, 0.15) is 17.3 Å². The number of rotatable bonds is 3. The molecule has 1 aromatic carbocycles. The summed E-state index contributed by atoms with van der Waals surface area (Å²) in [6.45, 7) is 2.25. The van der Waals surface area contributed by atoms with Crippen LogP contribution < -0.4 is 4.46 Å². The fourth-order valence-corrected chi connectivity index (χ4v) is 2.25. The number of benzene rings is 1. The van der Waals surface area contributed by atoms with Gasteiger partial charge in [0, 0.05) is 0 Å². The Morgan fingerprint density at radius 3 is 2.77 bits per heavy atom. The maximum atomic E-state index is 11.4. The SMILES string of the molecule is CCOC(=O)c1ccccc1[Se]C. The topological polar surface area (TPSA) is 26.3 Å². The monoisotopic (exact) mass is 244 g/mol.